The van der Waals surface area contributed by atoms with Gasteiger partial charge < -0.3 is 9.84 Å². The number of hydrogen-bond acceptors (Lipinski definition) is 2. The van der Waals surface area contributed by atoms with Gasteiger partial charge in [-0.2, -0.15) is 0 Å². The zero-order valence-electron chi connectivity index (χ0n) is 15.7. The zero-order chi connectivity index (χ0) is 19.4. The molecular formula is C27H18O2. The maximum Gasteiger partial charge on any atom is 0.132 e. The monoisotopic (exact) mass is 374 g/mol. The number of para-hydroxylation sites is 1. The van der Waals surface area contributed by atoms with Crippen LogP contribution >= 0.6 is 0 Å². The van der Waals surface area contributed by atoms with E-state index >= 15 is 0 Å². The van der Waals surface area contributed by atoms with Crippen LogP contribution in [-0.4, -0.2) is 5.11 Å². The molecule has 2 nitrogen and oxygen atoms in total. The van der Waals surface area contributed by atoms with E-state index in [1.54, 1.807) is 6.07 Å². The third-order valence-corrected chi connectivity index (χ3v) is 5.91. The fourth-order valence-electron chi connectivity index (χ4n) is 4.64. The second-order valence-corrected chi connectivity index (χ2v) is 7.49. The average Bonchev–Trinajstić information content (AvgIpc) is 2.78. The molecule has 0 unspecified atom stereocenters. The smallest absolute Gasteiger partial charge is 0.132 e. The van der Waals surface area contributed by atoms with Crippen LogP contribution in [-0.2, 0) is 0 Å². The molecule has 0 saturated heterocycles. The van der Waals surface area contributed by atoms with Crippen LogP contribution in [0.5, 0.6) is 17.2 Å². The molecule has 2 heteroatoms. The molecule has 0 bridgehead atoms. The molecule has 5 aromatic rings. The predicted octanol–water partition coefficient (Wildman–Crippen LogP) is 6.98. The number of ether oxygens (including phenoxy) is 1. The summed E-state index contributed by atoms with van der Waals surface area (Å²) in [4.78, 5) is 0. The number of aromatic hydroxyl groups is 1. The van der Waals surface area contributed by atoms with E-state index in [9.17, 15) is 5.11 Å². The minimum absolute atomic E-state index is 0.118. The first kappa shape index (κ1) is 16.2. The predicted molar refractivity (Wildman–Crippen MR) is 117 cm³/mol. The largest absolute Gasteiger partial charge is 0.508 e. The Morgan fingerprint density at radius 3 is 1.97 bits per heavy atom. The highest BCUT2D eigenvalue weighted by molar-refractivity contribution is 5.94. The SMILES string of the molecule is Oc1ccc2ccccc2c1[C@H]1c2ccccc2Oc2ccc3ccccc3c21. The Morgan fingerprint density at radius 2 is 1.17 bits per heavy atom. The second kappa shape index (κ2) is 6.11. The summed E-state index contributed by atoms with van der Waals surface area (Å²) in [6.45, 7) is 0. The Bertz CT molecular complexity index is 1350. The van der Waals surface area contributed by atoms with Gasteiger partial charge in [0.25, 0.3) is 0 Å². The highest BCUT2D eigenvalue weighted by atomic mass is 16.5. The van der Waals surface area contributed by atoms with Crippen LogP contribution in [0.25, 0.3) is 21.5 Å². The van der Waals surface area contributed by atoms with Crippen LogP contribution in [0.2, 0.25) is 0 Å². The van der Waals surface area contributed by atoms with Crippen LogP contribution in [0.4, 0.5) is 0 Å². The van der Waals surface area contributed by atoms with Gasteiger partial charge in [0.05, 0.1) is 0 Å². The first-order chi connectivity index (χ1) is 14.3. The summed E-state index contributed by atoms with van der Waals surface area (Å²) < 4.78 is 6.31. The van der Waals surface area contributed by atoms with Crippen LogP contribution in [0.3, 0.4) is 0 Å². The number of hydrogen-bond donors (Lipinski definition) is 1. The Kier molecular flexibility index (Phi) is 3.41. The Balaban J connectivity index is 1.78. The number of fused-ring (bicyclic) bond motifs is 5. The molecule has 0 amide bonds. The quantitative estimate of drug-likeness (QED) is 0.336. The van der Waals surface area contributed by atoms with Crippen molar-refractivity contribution in [2.24, 2.45) is 0 Å². The summed E-state index contributed by atoms with van der Waals surface area (Å²) in [5.41, 5.74) is 3.10. The molecule has 0 aromatic heterocycles. The summed E-state index contributed by atoms with van der Waals surface area (Å²) in [5, 5.41) is 15.5. The lowest BCUT2D eigenvalue weighted by atomic mass is 9.78. The van der Waals surface area contributed by atoms with Gasteiger partial charge in [-0.1, -0.05) is 78.9 Å². The molecule has 1 aliphatic rings. The molecule has 1 aliphatic heterocycles. The van der Waals surface area contributed by atoms with Crippen molar-refractivity contribution in [3.63, 3.8) is 0 Å². The molecule has 6 rings (SSSR count). The molecule has 0 aliphatic carbocycles. The van der Waals surface area contributed by atoms with Crippen LogP contribution < -0.4 is 4.74 Å². The molecule has 1 N–H and O–H groups in total. The summed E-state index contributed by atoms with van der Waals surface area (Å²) in [7, 11) is 0. The standard InChI is InChI=1S/C27H18O2/c28-22-15-13-17-7-1-3-9-19(17)25(22)27-21-11-5-6-12-23(21)29-24-16-14-18-8-2-4-10-20(18)26(24)27/h1-16,27-28H/t27-/m1/s1. The van der Waals surface area contributed by atoms with Gasteiger partial charge in [-0.3, -0.25) is 0 Å². The number of phenolic OH excluding ortho intramolecular Hbond substituents is 1. The van der Waals surface area contributed by atoms with E-state index in [2.05, 4.69) is 48.5 Å². The maximum atomic E-state index is 11.0. The Hall–Kier alpha value is -3.78. The van der Waals surface area contributed by atoms with Gasteiger partial charge in [-0.25, -0.2) is 0 Å². The van der Waals surface area contributed by atoms with Gasteiger partial charge in [0.2, 0.25) is 0 Å². The Labute approximate surface area is 168 Å². The summed E-state index contributed by atoms with van der Waals surface area (Å²) in [5.74, 6) is 1.88. The van der Waals surface area contributed by atoms with Crippen LogP contribution in [0.1, 0.15) is 22.6 Å². The van der Waals surface area contributed by atoms with E-state index < -0.39 is 0 Å². The lowest BCUT2D eigenvalue weighted by Gasteiger charge is -2.31. The van der Waals surface area contributed by atoms with Crippen molar-refractivity contribution < 1.29 is 9.84 Å². The van der Waals surface area contributed by atoms with Crippen molar-refractivity contribution >= 4 is 21.5 Å². The van der Waals surface area contributed by atoms with E-state index in [1.165, 1.54) is 5.39 Å². The van der Waals surface area contributed by atoms with E-state index in [4.69, 9.17) is 4.74 Å². The van der Waals surface area contributed by atoms with Gasteiger partial charge in [-0.05, 0) is 39.7 Å². The number of phenols is 1. The lowest BCUT2D eigenvalue weighted by Crippen LogP contribution is -2.13. The molecule has 0 spiro atoms. The fourth-order valence-corrected chi connectivity index (χ4v) is 4.64. The fraction of sp³-hybridized carbons (Fsp3) is 0.0370. The molecule has 1 heterocycles. The number of benzene rings is 5. The Morgan fingerprint density at radius 1 is 0.552 bits per heavy atom. The van der Waals surface area contributed by atoms with Crippen molar-refractivity contribution in [1.29, 1.82) is 0 Å². The summed E-state index contributed by atoms with van der Waals surface area (Å²) in [6.07, 6.45) is 0. The van der Waals surface area contributed by atoms with Gasteiger partial charge in [0.15, 0.2) is 0 Å². The van der Waals surface area contributed by atoms with Gasteiger partial charge >= 0.3 is 0 Å². The molecule has 1 atom stereocenters. The molecule has 5 aromatic carbocycles. The van der Waals surface area contributed by atoms with Gasteiger partial charge in [0, 0.05) is 22.6 Å². The first-order valence-corrected chi connectivity index (χ1v) is 9.80. The minimum Gasteiger partial charge on any atom is -0.508 e. The van der Waals surface area contributed by atoms with Crippen molar-refractivity contribution in [3.8, 4) is 17.2 Å². The molecule has 0 fully saturated rings. The minimum atomic E-state index is -0.118. The molecule has 29 heavy (non-hydrogen) atoms. The highest BCUT2D eigenvalue weighted by Gasteiger charge is 2.32. The zero-order valence-corrected chi connectivity index (χ0v) is 15.7. The van der Waals surface area contributed by atoms with Gasteiger partial charge in [-0.15, -0.1) is 0 Å². The van der Waals surface area contributed by atoms with E-state index in [-0.39, 0.29) is 5.92 Å². The van der Waals surface area contributed by atoms with Crippen LogP contribution in [0, 0.1) is 0 Å². The third kappa shape index (κ3) is 2.36. The summed E-state index contributed by atoms with van der Waals surface area (Å²) >= 11 is 0. The maximum absolute atomic E-state index is 11.0. The normalized spacial score (nSPS) is 15.0. The molecule has 0 radical (unpaired) electrons. The first-order valence-electron chi connectivity index (χ1n) is 9.80. The summed E-state index contributed by atoms with van der Waals surface area (Å²) in [6, 6.07) is 32.7. The van der Waals surface area contributed by atoms with Crippen LogP contribution in [0.15, 0.2) is 97.1 Å². The van der Waals surface area contributed by atoms with E-state index in [1.807, 2.05) is 42.5 Å². The lowest BCUT2D eigenvalue weighted by molar-refractivity contribution is 0.445. The molecule has 138 valence electrons. The van der Waals surface area contributed by atoms with E-state index in [0.29, 0.717) is 5.75 Å². The average molecular weight is 374 g/mol. The highest BCUT2D eigenvalue weighted by Crippen LogP contribution is 2.52. The second-order valence-electron chi connectivity index (χ2n) is 7.49. The molecular weight excluding hydrogens is 356 g/mol. The van der Waals surface area contributed by atoms with E-state index in [0.717, 1.165) is 44.3 Å². The van der Waals surface area contributed by atoms with Crippen molar-refractivity contribution in [2.75, 3.05) is 0 Å². The molecule has 0 saturated carbocycles. The topological polar surface area (TPSA) is 29.5 Å². The van der Waals surface area contributed by atoms with Crippen molar-refractivity contribution in [1.82, 2.24) is 0 Å². The van der Waals surface area contributed by atoms with Crippen molar-refractivity contribution in [3.05, 3.63) is 114 Å². The van der Waals surface area contributed by atoms with Crippen molar-refractivity contribution in [2.45, 2.75) is 5.92 Å². The van der Waals surface area contributed by atoms with Gasteiger partial charge in [0.1, 0.15) is 17.2 Å². The number of rotatable bonds is 1. The third-order valence-electron chi connectivity index (χ3n) is 5.91.